The molecule has 0 spiro atoms. The van der Waals surface area contributed by atoms with Crippen LogP contribution in [0.15, 0.2) is 18.2 Å². The molecule has 0 saturated heterocycles. The van der Waals surface area contributed by atoms with Crippen molar-refractivity contribution in [1.82, 2.24) is 0 Å². The molecule has 0 aliphatic heterocycles. The van der Waals surface area contributed by atoms with Gasteiger partial charge in [0.1, 0.15) is 0 Å². The molecule has 94 valence electrons. The molecular formula is C14H21NO2. The van der Waals surface area contributed by atoms with E-state index in [-0.39, 0.29) is 5.92 Å². The Morgan fingerprint density at radius 3 is 2.65 bits per heavy atom. The molecule has 1 atom stereocenters. The van der Waals surface area contributed by atoms with Crippen LogP contribution in [0.25, 0.3) is 0 Å². The molecule has 0 amide bonds. The first-order chi connectivity index (χ1) is 7.91. The minimum Gasteiger partial charge on any atom is -0.481 e. The number of hydrogen-bond donors (Lipinski definition) is 1. The molecule has 1 aromatic rings. The van der Waals surface area contributed by atoms with Gasteiger partial charge in [-0.1, -0.05) is 19.1 Å². The lowest BCUT2D eigenvalue weighted by Crippen LogP contribution is -2.23. The second-order valence-electron chi connectivity index (χ2n) is 4.74. The normalized spacial score (nSPS) is 12.2. The number of anilines is 1. The third-order valence-electron chi connectivity index (χ3n) is 3.09. The van der Waals surface area contributed by atoms with Crippen LogP contribution in [0.4, 0.5) is 5.69 Å². The van der Waals surface area contributed by atoms with E-state index in [4.69, 9.17) is 5.11 Å². The van der Waals surface area contributed by atoms with Crippen LogP contribution >= 0.6 is 0 Å². The summed E-state index contributed by atoms with van der Waals surface area (Å²) in [5.41, 5.74) is 3.63. The molecule has 1 aromatic carbocycles. The number of hydrogen-bond acceptors (Lipinski definition) is 2. The lowest BCUT2D eigenvalue weighted by atomic mass is 10.1. The van der Waals surface area contributed by atoms with Crippen LogP contribution in [-0.2, 0) is 4.79 Å². The summed E-state index contributed by atoms with van der Waals surface area (Å²) in [4.78, 5) is 12.9. The van der Waals surface area contributed by atoms with Crippen molar-refractivity contribution in [2.45, 2.75) is 27.2 Å². The van der Waals surface area contributed by atoms with Crippen LogP contribution < -0.4 is 4.90 Å². The fraction of sp³-hybridized carbons (Fsp3) is 0.500. The van der Waals surface area contributed by atoms with Crippen molar-refractivity contribution < 1.29 is 9.90 Å². The van der Waals surface area contributed by atoms with Crippen molar-refractivity contribution in [2.24, 2.45) is 5.92 Å². The molecule has 0 heterocycles. The number of aliphatic carboxylic acids is 1. The molecule has 1 N–H and O–H groups in total. The summed E-state index contributed by atoms with van der Waals surface area (Å²) in [7, 11) is 2.01. The maximum Gasteiger partial charge on any atom is 0.306 e. The van der Waals surface area contributed by atoms with Gasteiger partial charge in [-0.3, -0.25) is 4.79 Å². The lowest BCUT2D eigenvalue weighted by molar-refractivity contribution is -0.141. The Bertz CT molecular complexity index is 401. The average Bonchev–Trinajstić information content (AvgIpc) is 2.28. The predicted molar refractivity (Wildman–Crippen MR) is 70.6 cm³/mol. The lowest BCUT2D eigenvalue weighted by Gasteiger charge is -2.22. The number of carbonyl (C=O) groups is 1. The van der Waals surface area contributed by atoms with Crippen molar-refractivity contribution in [1.29, 1.82) is 0 Å². The van der Waals surface area contributed by atoms with Gasteiger partial charge in [0.15, 0.2) is 0 Å². The van der Waals surface area contributed by atoms with Crippen LogP contribution in [0.3, 0.4) is 0 Å². The molecular weight excluding hydrogens is 214 g/mol. The first-order valence-corrected chi connectivity index (χ1v) is 5.93. The molecule has 1 unspecified atom stereocenters. The quantitative estimate of drug-likeness (QED) is 0.853. The molecule has 0 saturated carbocycles. The molecule has 0 radical (unpaired) electrons. The van der Waals surface area contributed by atoms with E-state index in [9.17, 15) is 4.79 Å². The van der Waals surface area contributed by atoms with E-state index >= 15 is 0 Å². The van der Waals surface area contributed by atoms with Gasteiger partial charge >= 0.3 is 5.97 Å². The van der Waals surface area contributed by atoms with Gasteiger partial charge in [-0.05, 0) is 37.5 Å². The van der Waals surface area contributed by atoms with E-state index < -0.39 is 5.97 Å². The molecule has 1 rings (SSSR count). The minimum atomic E-state index is -0.723. The van der Waals surface area contributed by atoms with Crippen molar-refractivity contribution >= 4 is 11.7 Å². The standard InChI is InChI=1S/C14H21NO2/c1-10-5-6-11(2)13(9-10)15(4)8-7-12(3)14(16)17/h5-6,9,12H,7-8H2,1-4H3,(H,16,17). The van der Waals surface area contributed by atoms with E-state index in [2.05, 4.69) is 36.9 Å². The summed E-state index contributed by atoms with van der Waals surface area (Å²) in [6.45, 7) is 6.65. The van der Waals surface area contributed by atoms with Crippen molar-refractivity contribution in [3.8, 4) is 0 Å². The van der Waals surface area contributed by atoms with Gasteiger partial charge in [-0.2, -0.15) is 0 Å². The van der Waals surface area contributed by atoms with Crippen molar-refractivity contribution in [3.63, 3.8) is 0 Å². The summed E-state index contributed by atoms with van der Waals surface area (Å²) < 4.78 is 0. The molecule has 3 nitrogen and oxygen atoms in total. The Balaban J connectivity index is 2.66. The van der Waals surface area contributed by atoms with Crippen LogP contribution in [0, 0.1) is 19.8 Å². The van der Waals surface area contributed by atoms with Crippen molar-refractivity contribution in [3.05, 3.63) is 29.3 Å². The highest BCUT2D eigenvalue weighted by molar-refractivity contribution is 5.69. The molecule has 0 aromatic heterocycles. The van der Waals surface area contributed by atoms with Crippen LogP contribution in [0.1, 0.15) is 24.5 Å². The number of carboxylic acid groups (broad SMARTS) is 1. The Morgan fingerprint density at radius 2 is 2.06 bits per heavy atom. The van der Waals surface area contributed by atoms with Crippen LogP contribution in [0.2, 0.25) is 0 Å². The Kier molecular flexibility index (Phi) is 4.55. The zero-order valence-electron chi connectivity index (χ0n) is 11.0. The van der Waals surface area contributed by atoms with Gasteiger partial charge in [0.25, 0.3) is 0 Å². The molecule has 0 fully saturated rings. The number of nitrogens with zero attached hydrogens (tertiary/aromatic N) is 1. The van der Waals surface area contributed by atoms with E-state index in [0.29, 0.717) is 6.42 Å². The van der Waals surface area contributed by atoms with Crippen molar-refractivity contribution in [2.75, 3.05) is 18.5 Å². The largest absolute Gasteiger partial charge is 0.481 e. The molecule has 0 aliphatic rings. The smallest absolute Gasteiger partial charge is 0.306 e. The molecule has 17 heavy (non-hydrogen) atoms. The minimum absolute atomic E-state index is 0.289. The summed E-state index contributed by atoms with van der Waals surface area (Å²) >= 11 is 0. The number of benzene rings is 1. The molecule has 0 aliphatic carbocycles. The third-order valence-corrected chi connectivity index (χ3v) is 3.09. The van der Waals surface area contributed by atoms with Gasteiger partial charge in [0.2, 0.25) is 0 Å². The summed E-state index contributed by atoms with van der Waals surface area (Å²) in [5.74, 6) is -1.01. The molecule has 0 bridgehead atoms. The van der Waals surface area contributed by atoms with Crippen LogP contribution in [-0.4, -0.2) is 24.7 Å². The first kappa shape index (κ1) is 13.6. The Hall–Kier alpha value is -1.51. The fourth-order valence-electron chi connectivity index (χ4n) is 1.76. The monoisotopic (exact) mass is 235 g/mol. The SMILES string of the molecule is Cc1ccc(C)c(N(C)CCC(C)C(=O)O)c1. The fourth-order valence-corrected chi connectivity index (χ4v) is 1.76. The number of rotatable bonds is 5. The Labute approximate surface area is 103 Å². The predicted octanol–water partition coefficient (Wildman–Crippen LogP) is 2.85. The highest BCUT2D eigenvalue weighted by Crippen LogP contribution is 2.21. The summed E-state index contributed by atoms with van der Waals surface area (Å²) in [5, 5.41) is 8.85. The number of aryl methyl sites for hydroxylation is 2. The maximum absolute atomic E-state index is 10.8. The van der Waals surface area contributed by atoms with E-state index in [1.165, 1.54) is 16.8 Å². The van der Waals surface area contributed by atoms with Gasteiger partial charge in [0.05, 0.1) is 5.92 Å². The maximum atomic E-state index is 10.8. The molecule has 3 heteroatoms. The highest BCUT2D eigenvalue weighted by Gasteiger charge is 2.12. The second kappa shape index (κ2) is 5.71. The van der Waals surface area contributed by atoms with E-state index in [1.54, 1.807) is 6.92 Å². The average molecular weight is 235 g/mol. The highest BCUT2D eigenvalue weighted by atomic mass is 16.4. The summed E-state index contributed by atoms with van der Waals surface area (Å²) in [6, 6.07) is 6.33. The van der Waals surface area contributed by atoms with Gasteiger partial charge in [-0.25, -0.2) is 0 Å². The second-order valence-corrected chi connectivity index (χ2v) is 4.74. The van der Waals surface area contributed by atoms with E-state index in [0.717, 1.165) is 6.54 Å². The Morgan fingerprint density at radius 1 is 1.41 bits per heavy atom. The first-order valence-electron chi connectivity index (χ1n) is 5.93. The third kappa shape index (κ3) is 3.77. The summed E-state index contributed by atoms with van der Waals surface area (Å²) in [6.07, 6.45) is 0.666. The van der Waals surface area contributed by atoms with Crippen LogP contribution in [0.5, 0.6) is 0 Å². The van der Waals surface area contributed by atoms with Gasteiger partial charge in [-0.15, -0.1) is 0 Å². The number of carboxylic acids is 1. The van der Waals surface area contributed by atoms with E-state index in [1.807, 2.05) is 7.05 Å². The zero-order chi connectivity index (χ0) is 13.0. The van der Waals surface area contributed by atoms with Gasteiger partial charge in [0, 0.05) is 19.3 Å². The zero-order valence-corrected chi connectivity index (χ0v) is 11.0. The van der Waals surface area contributed by atoms with Gasteiger partial charge < -0.3 is 10.0 Å². The topological polar surface area (TPSA) is 40.5 Å².